The zero-order chi connectivity index (χ0) is 17.2. The van der Waals surface area contributed by atoms with Gasteiger partial charge in [0, 0.05) is 24.8 Å². The van der Waals surface area contributed by atoms with Crippen LogP contribution in [0.4, 0.5) is 0 Å². The van der Waals surface area contributed by atoms with Crippen LogP contribution in [0.3, 0.4) is 0 Å². The summed E-state index contributed by atoms with van der Waals surface area (Å²) in [5.74, 6) is -0.214. The molecule has 1 aromatic rings. The van der Waals surface area contributed by atoms with Crippen molar-refractivity contribution >= 4 is 18.0 Å². The summed E-state index contributed by atoms with van der Waals surface area (Å²) in [6.45, 7) is 3.32. The summed E-state index contributed by atoms with van der Waals surface area (Å²) in [4.78, 5) is 23.3. The van der Waals surface area contributed by atoms with E-state index in [0.29, 0.717) is 18.9 Å². The maximum absolute atomic E-state index is 11.7. The Labute approximate surface area is 141 Å². The first kappa shape index (κ1) is 18.0. The topological polar surface area (TPSA) is 73.9 Å². The van der Waals surface area contributed by atoms with Gasteiger partial charge < -0.3 is 19.5 Å². The van der Waals surface area contributed by atoms with E-state index in [1.165, 1.54) is 6.08 Å². The number of esters is 1. The van der Waals surface area contributed by atoms with Crippen LogP contribution in [-0.4, -0.2) is 44.3 Å². The highest BCUT2D eigenvalue weighted by Crippen LogP contribution is 2.19. The van der Waals surface area contributed by atoms with E-state index in [2.05, 4.69) is 5.32 Å². The predicted octanol–water partition coefficient (Wildman–Crippen LogP) is 1.94. The molecular formula is C18H23NO5. The van der Waals surface area contributed by atoms with Gasteiger partial charge in [0.05, 0.1) is 12.7 Å². The van der Waals surface area contributed by atoms with Gasteiger partial charge in [0.2, 0.25) is 0 Å². The molecule has 1 fully saturated rings. The number of carbonyl (C=O) groups excluding carboxylic acids is 2. The average molecular weight is 333 g/mol. The Hall–Kier alpha value is -2.34. The van der Waals surface area contributed by atoms with Gasteiger partial charge in [-0.15, -0.1) is 0 Å². The fourth-order valence-corrected chi connectivity index (χ4v) is 2.33. The van der Waals surface area contributed by atoms with Gasteiger partial charge in [-0.25, -0.2) is 4.79 Å². The van der Waals surface area contributed by atoms with Gasteiger partial charge in [0.15, 0.2) is 6.61 Å². The highest BCUT2D eigenvalue weighted by atomic mass is 16.5. The fourth-order valence-electron chi connectivity index (χ4n) is 2.33. The Morgan fingerprint density at radius 1 is 1.38 bits per heavy atom. The lowest BCUT2D eigenvalue weighted by atomic mass is 10.2. The van der Waals surface area contributed by atoms with Crippen molar-refractivity contribution in [3.05, 3.63) is 35.9 Å². The van der Waals surface area contributed by atoms with Crippen molar-refractivity contribution in [2.75, 3.05) is 26.4 Å². The standard InChI is InChI=1S/C18H23NO5/c1-2-22-16-8-4-3-6-14(16)9-10-18(21)24-13-17(20)19-12-15-7-5-11-23-15/h3-4,6,8-10,15H,2,5,7,11-13H2,1H3,(H,19,20)/b10-9+/t15-/m1/s1. The summed E-state index contributed by atoms with van der Waals surface area (Å²) < 4.78 is 15.8. The molecule has 24 heavy (non-hydrogen) atoms. The molecule has 0 bridgehead atoms. The van der Waals surface area contributed by atoms with Crippen molar-refractivity contribution in [2.45, 2.75) is 25.9 Å². The van der Waals surface area contributed by atoms with Crippen LogP contribution in [0.15, 0.2) is 30.3 Å². The van der Waals surface area contributed by atoms with Gasteiger partial charge >= 0.3 is 5.97 Å². The summed E-state index contributed by atoms with van der Waals surface area (Å²) in [6.07, 6.45) is 4.92. The van der Waals surface area contributed by atoms with Crippen molar-refractivity contribution in [1.29, 1.82) is 0 Å². The van der Waals surface area contributed by atoms with E-state index in [4.69, 9.17) is 14.2 Å². The molecule has 6 heteroatoms. The van der Waals surface area contributed by atoms with Crippen molar-refractivity contribution in [3.8, 4) is 5.75 Å². The predicted molar refractivity (Wildman–Crippen MR) is 89.6 cm³/mol. The van der Waals surface area contributed by atoms with Crippen LogP contribution < -0.4 is 10.1 Å². The quantitative estimate of drug-likeness (QED) is 0.581. The molecule has 0 radical (unpaired) electrons. The molecule has 1 aliphatic rings. The summed E-state index contributed by atoms with van der Waals surface area (Å²) in [7, 11) is 0. The zero-order valence-corrected chi connectivity index (χ0v) is 13.8. The van der Waals surface area contributed by atoms with Crippen LogP contribution in [0.1, 0.15) is 25.3 Å². The smallest absolute Gasteiger partial charge is 0.331 e. The van der Waals surface area contributed by atoms with Gasteiger partial charge in [-0.2, -0.15) is 0 Å². The van der Waals surface area contributed by atoms with Gasteiger partial charge in [-0.3, -0.25) is 4.79 Å². The fraction of sp³-hybridized carbons (Fsp3) is 0.444. The molecule has 1 saturated heterocycles. The monoisotopic (exact) mass is 333 g/mol. The number of benzene rings is 1. The van der Waals surface area contributed by atoms with Crippen molar-refractivity contribution in [3.63, 3.8) is 0 Å². The number of amides is 1. The Morgan fingerprint density at radius 2 is 2.21 bits per heavy atom. The van der Waals surface area contributed by atoms with Crippen LogP contribution >= 0.6 is 0 Å². The second-order valence-corrected chi connectivity index (χ2v) is 5.35. The number of nitrogens with one attached hydrogen (secondary N) is 1. The van der Waals surface area contributed by atoms with Gasteiger partial charge in [0.25, 0.3) is 5.91 Å². The Kier molecular flexibility index (Phi) is 7.29. The number of carbonyl (C=O) groups is 2. The molecule has 1 amide bonds. The lowest BCUT2D eigenvalue weighted by molar-refractivity contribution is -0.143. The number of hydrogen-bond donors (Lipinski definition) is 1. The Morgan fingerprint density at radius 3 is 2.96 bits per heavy atom. The minimum Gasteiger partial charge on any atom is -0.493 e. The van der Waals surface area contributed by atoms with Crippen LogP contribution in [0, 0.1) is 0 Å². The van der Waals surface area contributed by atoms with Gasteiger partial charge in [-0.1, -0.05) is 18.2 Å². The molecule has 130 valence electrons. The highest BCUT2D eigenvalue weighted by molar-refractivity contribution is 5.89. The van der Waals surface area contributed by atoms with E-state index in [1.807, 2.05) is 31.2 Å². The highest BCUT2D eigenvalue weighted by Gasteiger charge is 2.16. The normalized spacial score (nSPS) is 17.0. The molecule has 0 spiro atoms. The van der Waals surface area contributed by atoms with Crippen molar-refractivity contribution in [1.82, 2.24) is 5.32 Å². The van der Waals surface area contributed by atoms with Crippen LogP contribution in [0.2, 0.25) is 0 Å². The number of hydrogen-bond acceptors (Lipinski definition) is 5. The third kappa shape index (κ3) is 6.04. The molecule has 6 nitrogen and oxygen atoms in total. The maximum atomic E-state index is 11.7. The van der Waals surface area contributed by atoms with Gasteiger partial charge in [0.1, 0.15) is 5.75 Å². The van der Waals surface area contributed by atoms with Crippen LogP contribution in [0.5, 0.6) is 5.75 Å². The van der Waals surface area contributed by atoms with Crippen LogP contribution in [0.25, 0.3) is 6.08 Å². The number of para-hydroxylation sites is 1. The van der Waals surface area contributed by atoms with E-state index in [9.17, 15) is 9.59 Å². The molecule has 0 saturated carbocycles. The second-order valence-electron chi connectivity index (χ2n) is 5.35. The molecule has 1 heterocycles. The van der Waals surface area contributed by atoms with Crippen molar-refractivity contribution < 1.29 is 23.8 Å². The van der Waals surface area contributed by atoms with Crippen LogP contribution in [-0.2, 0) is 19.1 Å². The van der Waals surface area contributed by atoms with E-state index in [-0.39, 0.29) is 18.6 Å². The molecule has 1 aliphatic heterocycles. The first-order valence-corrected chi connectivity index (χ1v) is 8.14. The molecule has 1 aromatic carbocycles. The Bertz CT molecular complexity index is 579. The molecule has 1 N–H and O–H groups in total. The minimum atomic E-state index is -0.575. The van der Waals surface area contributed by atoms with E-state index >= 15 is 0 Å². The second kappa shape index (κ2) is 9.72. The molecule has 0 unspecified atom stereocenters. The zero-order valence-electron chi connectivity index (χ0n) is 13.8. The van der Waals surface area contributed by atoms with E-state index < -0.39 is 5.97 Å². The lowest BCUT2D eigenvalue weighted by Crippen LogP contribution is -2.34. The summed E-state index contributed by atoms with van der Waals surface area (Å²) in [6, 6.07) is 7.38. The summed E-state index contributed by atoms with van der Waals surface area (Å²) in [5.41, 5.74) is 0.777. The lowest BCUT2D eigenvalue weighted by Gasteiger charge is -2.10. The SMILES string of the molecule is CCOc1ccccc1/C=C/C(=O)OCC(=O)NC[C@H]1CCCO1. The molecule has 1 atom stereocenters. The third-order valence-electron chi connectivity index (χ3n) is 3.51. The molecule has 0 aliphatic carbocycles. The van der Waals surface area contributed by atoms with Crippen molar-refractivity contribution in [2.24, 2.45) is 0 Å². The average Bonchev–Trinajstić information content (AvgIpc) is 3.11. The molecule has 2 rings (SSSR count). The minimum absolute atomic E-state index is 0.0691. The molecule has 0 aromatic heterocycles. The summed E-state index contributed by atoms with van der Waals surface area (Å²) >= 11 is 0. The third-order valence-corrected chi connectivity index (χ3v) is 3.51. The molecular weight excluding hydrogens is 310 g/mol. The Balaban J connectivity index is 1.73. The maximum Gasteiger partial charge on any atom is 0.331 e. The first-order valence-electron chi connectivity index (χ1n) is 8.14. The van der Waals surface area contributed by atoms with Gasteiger partial charge in [-0.05, 0) is 31.9 Å². The first-order chi connectivity index (χ1) is 11.7. The van der Waals surface area contributed by atoms with E-state index in [0.717, 1.165) is 25.0 Å². The number of ether oxygens (including phenoxy) is 3. The summed E-state index contributed by atoms with van der Waals surface area (Å²) in [5, 5.41) is 2.69. The largest absolute Gasteiger partial charge is 0.493 e. The van der Waals surface area contributed by atoms with E-state index in [1.54, 1.807) is 6.08 Å². The number of rotatable bonds is 8.